The lowest BCUT2D eigenvalue weighted by Crippen LogP contribution is -2.20. The number of halogens is 1. The maximum Gasteiger partial charge on any atom is 0.0646 e. The molecular weight excluding hydrogens is 232 g/mol. The molecule has 0 saturated heterocycles. The maximum atomic E-state index is 6.00. The quantitative estimate of drug-likeness (QED) is 0.867. The average Bonchev–Trinajstić information content (AvgIpc) is 2.61. The van der Waals surface area contributed by atoms with Crippen LogP contribution in [0.15, 0.2) is 36.4 Å². The van der Waals surface area contributed by atoms with Crippen LogP contribution in [0.25, 0.3) is 0 Å². The third-order valence-corrected chi connectivity index (χ3v) is 3.18. The maximum absolute atomic E-state index is 6.00. The minimum Gasteiger partial charge on any atom is -0.319 e. The summed E-state index contributed by atoms with van der Waals surface area (Å²) in [6.07, 6.45) is 0. The number of hydrogen-bond acceptors (Lipinski definition) is 1. The van der Waals surface area contributed by atoms with Crippen LogP contribution >= 0.6 is 11.6 Å². The van der Waals surface area contributed by atoms with Crippen molar-refractivity contribution in [3.63, 3.8) is 0 Å². The van der Waals surface area contributed by atoms with Gasteiger partial charge in [-0.05, 0) is 50.6 Å². The van der Waals surface area contributed by atoms with Gasteiger partial charge in [-0.2, -0.15) is 0 Å². The Bertz CT molecular complexity index is 497. The third-order valence-electron chi connectivity index (χ3n) is 2.94. The first kappa shape index (κ1) is 12.1. The van der Waals surface area contributed by atoms with Gasteiger partial charge in [0, 0.05) is 16.4 Å². The van der Waals surface area contributed by atoms with Crippen LogP contribution in [-0.2, 0) is 0 Å². The summed E-state index contributed by atoms with van der Waals surface area (Å²) in [5.74, 6) is 0. The molecule has 0 spiro atoms. The van der Waals surface area contributed by atoms with E-state index in [1.807, 2.05) is 18.2 Å². The normalized spacial score (nSPS) is 12.5. The Morgan fingerprint density at radius 3 is 2.35 bits per heavy atom. The van der Waals surface area contributed by atoms with E-state index in [9.17, 15) is 0 Å². The summed E-state index contributed by atoms with van der Waals surface area (Å²) in [7, 11) is 0. The number of aromatic nitrogens is 1. The minimum atomic E-state index is 0.221. The van der Waals surface area contributed by atoms with Crippen LogP contribution in [-0.4, -0.2) is 4.68 Å². The van der Waals surface area contributed by atoms with Crippen LogP contribution < -0.4 is 5.43 Å². The van der Waals surface area contributed by atoms with E-state index in [4.69, 9.17) is 11.6 Å². The summed E-state index contributed by atoms with van der Waals surface area (Å²) in [5, 5.41) is 0.775. The number of benzene rings is 1. The Morgan fingerprint density at radius 1 is 1.12 bits per heavy atom. The van der Waals surface area contributed by atoms with Crippen molar-refractivity contribution in [2.24, 2.45) is 0 Å². The van der Waals surface area contributed by atoms with Gasteiger partial charge in [0.2, 0.25) is 0 Å². The molecule has 0 radical (unpaired) electrons. The molecule has 0 bridgehead atoms. The highest BCUT2D eigenvalue weighted by molar-refractivity contribution is 6.30. The molecule has 1 N–H and O–H groups in total. The summed E-state index contributed by atoms with van der Waals surface area (Å²) in [4.78, 5) is 0. The lowest BCUT2D eigenvalue weighted by Gasteiger charge is -2.20. The highest BCUT2D eigenvalue weighted by atomic mass is 35.5. The summed E-state index contributed by atoms with van der Waals surface area (Å²) in [5.41, 5.74) is 7.06. The van der Waals surface area contributed by atoms with E-state index < -0.39 is 0 Å². The topological polar surface area (TPSA) is 17.0 Å². The number of nitrogens with one attached hydrogen (secondary N) is 1. The third kappa shape index (κ3) is 2.64. The molecule has 0 aliphatic heterocycles. The van der Waals surface area contributed by atoms with Crippen LogP contribution in [0.2, 0.25) is 5.02 Å². The van der Waals surface area contributed by atoms with Gasteiger partial charge in [0.1, 0.15) is 0 Å². The number of rotatable bonds is 3. The minimum absolute atomic E-state index is 0.221. The number of hydrogen-bond donors (Lipinski definition) is 1. The van der Waals surface area contributed by atoms with Crippen molar-refractivity contribution in [1.29, 1.82) is 0 Å². The smallest absolute Gasteiger partial charge is 0.0646 e. The van der Waals surface area contributed by atoms with Crippen LogP contribution in [0.5, 0.6) is 0 Å². The molecule has 0 amide bonds. The van der Waals surface area contributed by atoms with Gasteiger partial charge in [0.15, 0.2) is 0 Å². The van der Waals surface area contributed by atoms with Gasteiger partial charge in [-0.1, -0.05) is 23.7 Å². The predicted octanol–water partition coefficient (Wildman–Crippen LogP) is 4.06. The van der Waals surface area contributed by atoms with Crippen molar-refractivity contribution in [1.82, 2.24) is 4.68 Å². The first-order valence-corrected chi connectivity index (χ1v) is 6.12. The molecule has 90 valence electrons. The molecular formula is C14H17ClN2. The van der Waals surface area contributed by atoms with Gasteiger partial charge < -0.3 is 5.43 Å². The molecule has 1 aromatic carbocycles. The molecule has 0 fully saturated rings. The molecule has 0 saturated carbocycles. The molecule has 1 heterocycles. The molecule has 1 unspecified atom stereocenters. The van der Waals surface area contributed by atoms with Crippen LogP contribution in [0.1, 0.15) is 29.9 Å². The Morgan fingerprint density at radius 2 is 1.76 bits per heavy atom. The van der Waals surface area contributed by atoms with Gasteiger partial charge in [-0.25, -0.2) is 0 Å². The van der Waals surface area contributed by atoms with E-state index in [1.54, 1.807) is 0 Å². The fraction of sp³-hybridized carbons (Fsp3) is 0.286. The predicted molar refractivity (Wildman–Crippen MR) is 73.1 cm³/mol. The second-order valence-corrected chi connectivity index (χ2v) is 4.79. The van der Waals surface area contributed by atoms with Crippen molar-refractivity contribution in [2.45, 2.75) is 26.8 Å². The first-order valence-electron chi connectivity index (χ1n) is 5.75. The van der Waals surface area contributed by atoms with Crippen molar-refractivity contribution >= 4 is 11.6 Å². The summed E-state index contributed by atoms with van der Waals surface area (Å²) in [6, 6.07) is 12.4. The average molecular weight is 249 g/mol. The lowest BCUT2D eigenvalue weighted by molar-refractivity contribution is 0.699. The Kier molecular flexibility index (Phi) is 3.43. The van der Waals surface area contributed by atoms with Crippen LogP contribution in [0.3, 0.4) is 0 Å². The molecule has 17 heavy (non-hydrogen) atoms. The number of nitrogens with zero attached hydrogens (tertiary/aromatic N) is 1. The largest absolute Gasteiger partial charge is 0.319 e. The van der Waals surface area contributed by atoms with E-state index in [1.165, 1.54) is 17.0 Å². The highest BCUT2D eigenvalue weighted by Gasteiger charge is 2.07. The summed E-state index contributed by atoms with van der Waals surface area (Å²) < 4.78 is 2.10. The zero-order valence-electron chi connectivity index (χ0n) is 10.4. The zero-order chi connectivity index (χ0) is 12.4. The first-order chi connectivity index (χ1) is 8.08. The van der Waals surface area contributed by atoms with E-state index in [0.29, 0.717) is 0 Å². The van der Waals surface area contributed by atoms with Crippen molar-refractivity contribution in [3.05, 3.63) is 58.4 Å². The van der Waals surface area contributed by atoms with Gasteiger partial charge in [-0.3, -0.25) is 4.68 Å². The van der Waals surface area contributed by atoms with Crippen LogP contribution in [0, 0.1) is 13.8 Å². The Hall–Kier alpha value is -1.41. The molecule has 1 aromatic heterocycles. The second kappa shape index (κ2) is 4.84. The zero-order valence-corrected chi connectivity index (χ0v) is 11.1. The van der Waals surface area contributed by atoms with Gasteiger partial charge in [0.05, 0.1) is 6.04 Å². The van der Waals surface area contributed by atoms with E-state index in [-0.39, 0.29) is 6.04 Å². The summed E-state index contributed by atoms with van der Waals surface area (Å²) >= 11 is 6.00. The van der Waals surface area contributed by atoms with Crippen LogP contribution in [0.4, 0.5) is 0 Å². The Labute approximate surface area is 107 Å². The highest BCUT2D eigenvalue weighted by Crippen LogP contribution is 2.19. The fourth-order valence-electron chi connectivity index (χ4n) is 1.92. The fourth-order valence-corrected chi connectivity index (χ4v) is 2.11. The Balaban J connectivity index is 2.20. The van der Waals surface area contributed by atoms with Crippen molar-refractivity contribution in [3.8, 4) is 0 Å². The van der Waals surface area contributed by atoms with Gasteiger partial charge in [-0.15, -0.1) is 0 Å². The standard InChI is InChI=1S/C14H17ClN2/c1-10-7-8-11(2)17(10)16-12(3)13-5-4-6-14(15)9-13/h4-9,12,16H,1-3H3. The van der Waals surface area contributed by atoms with E-state index in [2.05, 4.69) is 49.1 Å². The molecule has 0 aliphatic rings. The monoisotopic (exact) mass is 248 g/mol. The molecule has 0 aliphatic carbocycles. The van der Waals surface area contributed by atoms with Crippen molar-refractivity contribution in [2.75, 3.05) is 5.43 Å². The lowest BCUT2D eigenvalue weighted by atomic mass is 10.1. The number of aryl methyl sites for hydroxylation is 2. The molecule has 1 atom stereocenters. The van der Waals surface area contributed by atoms with Gasteiger partial charge in [0.25, 0.3) is 0 Å². The second-order valence-electron chi connectivity index (χ2n) is 4.36. The van der Waals surface area contributed by atoms with Gasteiger partial charge >= 0.3 is 0 Å². The van der Waals surface area contributed by atoms with E-state index >= 15 is 0 Å². The van der Waals surface area contributed by atoms with E-state index in [0.717, 1.165) is 5.02 Å². The SMILES string of the molecule is Cc1ccc(C)n1NC(C)c1cccc(Cl)c1. The molecule has 3 heteroatoms. The van der Waals surface area contributed by atoms with Crippen molar-refractivity contribution < 1.29 is 0 Å². The summed E-state index contributed by atoms with van der Waals surface area (Å²) in [6.45, 7) is 6.31. The molecule has 2 nitrogen and oxygen atoms in total. The molecule has 2 rings (SSSR count). The molecule has 2 aromatic rings.